The normalized spacial score (nSPS) is 15.2. The average Bonchev–Trinajstić information content (AvgIpc) is 2.84. The number of fused-ring (bicyclic) bond motifs is 1. The Labute approximate surface area is 199 Å². The van der Waals surface area contributed by atoms with Crippen molar-refractivity contribution in [2.24, 2.45) is 5.92 Å². The number of carbonyl (C=O) groups excluding carboxylic acids is 1. The fourth-order valence-corrected chi connectivity index (χ4v) is 4.68. The zero-order valence-electron chi connectivity index (χ0n) is 20.3. The van der Waals surface area contributed by atoms with Gasteiger partial charge in [-0.1, -0.05) is 38.1 Å². The highest BCUT2D eigenvalue weighted by Gasteiger charge is 2.24. The third kappa shape index (κ3) is 4.72. The van der Waals surface area contributed by atoms with Gasteiger partial charge in [0.05, 0.1) is 11.4 Å². The number of benzene rings is 2. The first-order chi connectivity index (χ1) is 16.3. The Bertz CT molecular complexity index is 1280. The maximum atomic E-state index is 14.8. The maximum absolute atomic E-state index is 14.8. The van der Waals surface area contributed by atoms with Crippen molar-refractivity contribution in [3.8, 4) is 11.1 Å². The lowest BCUT2D eigenvalue weighted by atomic mass is 9.82. The van der Waals surface area contributed by atoms with Gasteiger partial charge in [-0.2, -0.15) is 0 Å². The van der Waals surface area contributed by atoms with Crippen molar-refractivity contribution in [1.29, 1.82) is 0 Å². The fourth-order valence-electron chi connectivity index (χ4n) is 4.68. The Balaban J connectivity index is 0.00000158. The van der Waals surface area contributed by atoms with E-state index in [0.29, 0.717) is 35.9 Å². The zero-order chi connectivity index (χ0) is 25.0. The number of aromatic nitrogens is 1. The Morgan fingerprint density at radius 2 is 1.82 bits per heavy atom. The molecule has 1 aliphatic rings. The van der Waals surface area contributed by atoms with Crippen molar-refractivity contribution in [2.45, 2.75) is 47.0 Å². The average molecular weight is 463 g/mol. The van der Waals surface area contributed by atoms with Crippen LogP contribution in [0, 0.1) is 25.6 Å². The van der Waals surface area contributed by atoms with E-state index in [0.717, 1.165) is 27.6 Å². The van der Waals surface area contributed by atoms with Gasteiger partial charge in [0, 0.05) is 18.0 Å². The van der Waals surface area contributed by atoms with E-state index in [-0.39, 0.29) is 23.3 Å². The molecule has 2 N–H and O–H groups in total. The number of carbonyl (C=O) groups is 2. The van der Waals surface area contributed by atoms with E-state index in [2.05, 4.69) is 10.3 Å². The quantitative estimate of drug-likeness (QED) is 0.476. The highest BCUT2D eigenvalue weighted by Crippen LogP contribution is 2.40. The van der Waals surface area contributed by atoms with Gasteiger partial charge in [0.15, 0.2) is 0 Å². The molecule has 0 fully saturated rings. The Hall–Kier alpha value is -3.54. The minimum absolute atomic E-state index is 0.228. The van der Waals surface area contributed by atoms with Crippen molar-refractivity contribution >= 4 is 28.4 Å². The minimum Gasteiger partial charge on any atom is -0.481 e. The second kappa shape index (κ2) is 10.6. The summed E-state index contributed by atoms with van der Waals surface area (Å²) in [4.78, 5) is 28.3. The molecule has 6 heteroatoms. The van der Waals surface area contributed by atoms with Crippen molar-refractivity contribution in [1.82, 2.24) is 10.3 Å². The van der Waals surface area contributed by atoms with E-state index in [9.17, 15) is 19.1 Å². The molecule has 1 aromatic heterocycles. The first kappa shape index (κ1) is 25.1. The van der Waals surface area contributed by atoms with Crippen molar-refractivity contribution < 1.29 is 19.1 Å². The Morgan fingerprint density at radius 3 is 2.41 bits per heavy atom. The summed E-state index contributed by atoms with van der Waals surface area (Å²) in [6.45, 7) is 7.98. The Kier molecular flexibility index (Phi) is 7.82. The molecular formula is C28H31FN2O3. The van der Waals surface area contributed by atoms with Crippen LogP contribution in [0.15, 0.2) is 42.5 Å². The number of hydrogen-bond donors (Lipinski definition) is 2. The number of allylic oxidation sites excluding steroid dienone is 2. The molecule has 34 heavy (non-hydrogen) atoms. The molecule has 0 aliphatic heterocycles. The number of nitrogens with zero attached hydrogens (tertiary/aromatic N) is 1. The van der Waals surface area contributed by atoms with Crippen LogP contribution in [0.5, 0.6) is 0 Å². The number of rotatable bonds is 4. The molecule has 0 bridgehead atoms. The summed E-state index contributed by atoms with van der Waals surface area (Å²) in [7, 11) is 1.54. The third-order valence-electron chi connectivity index (χ3n) is 6.25. The van der Waals surface area contributed by atoms with Gasteiger partial charge in [-0.05, 0) is 79.1 Å². The van der Waals surface area contributed by atoms with E-state index in [1.807, 2.05) is 39.8 Å². The predicted octanol–water partition coefficient (Wildman–Crippen LogP) is 6.31. The van der Waals surface area contributed by atoms with Crippen LogP contribution >= 0.6 is 0 Å². The number of pyridine rings is 1. The fraction of sp³-hybridized carbons (Fsp3) is 0.321. The zero-order valence-corrected chi connectivity index (χ0v) is 20.3. The van der Waals surface area contributed by atoms with Crippen molar-refractivity contribution in [3.63, 3.8) is 0 Å². The largest absolute Gasteiger partial charge is 0.481 e. The number of halogens is 1. The van der Waals surface area contributed by atoms with Crippen LogP contribution in [0.4, 0.5) is 4.39 Å². The van der Waals surface area contributed by atoms with E-state index in [4.69, 9.17) is 0 Å². The lowest BCUT2D eigenvalue weighted by Gasteiger charge is -2.23. The van der Waals surface area contributed by atoms with Gasteiger partial charge < -0.3 is 10.4 Å². The summed E-state index contributed by atoms with van der Waals surface area (Å²) in [5.41, 5.74) is 5.98. The predicted molar refractivity (Wildman–Crippen MR) is 134 cm³/mol. The summed E-state index contributed by atoms with van der Waals surface area (Å²) in [5.74, 6) is -1.82. The SMILES string of the molecule is CC.CNC(=O)c1cc(-c2ccccc2F)c2c(C)c(C3=CCC(C(=O)O)CC3)c(C)cc2n1. The highest BCUT2D eigenvalue weighted by molar-refractivity contribution is 6.04. The van der Waals surface area contributed by atoms with E-state index < -0.39 is 5.97 Å². The second-order valence-corrected chi connectivity index (χ2v) is 8.24. The van der Waals surface area contributed by atoms with Crippen molar-refractivity contribution in [2.75, 3.05) is 7.05 Å². The monoisotopic (exact) mass is 462 g/mol. The molecule has 1 atom stereocenters. The molecule has 1 aliphatic carbocycles. The summed E-state index contributed by atoms with van der Waals surface area (Å²) in [6.07, 6.45) is 3.77. The van der Waals surface area contributed by atoms with Crippen LogP contribution in [-0.4, -0.2) is 29.0 Å². The van der Waals surface area contributed by atoms with Gasteiger partial charge in [-0.15, -0.1) is 0 Å². The standard InChI is InChI=1S/C26H25FN2O3.C2H6/c1-14-12-21-24(15(2)23(14)16-8-10-17(11-9-16)26(31)32)19(13-22(29-21)25(30)28-3)18-6-4-5-7-20(18)27;1-2/h4-8,12-13,17H,9-11H2,1-3H3,(H,28,30)(H,31,32);1-2H3. The second-order valence-electron chi connectivity index (χ2n) is 8.24. The molecule has 2 aromatic carbocycles. The van der Waals surface area contributed by atoms with Crippen LogP contribution in [0.25, 0.3) is 27.6 Å². The number of amides is 1. The number of carboxylic acids is 1. The molecule has 3 aromatic rings. The lowest BCUT2D eigenvalue weighted by molar-refractivity contribution is -0.141. The molecule has 178 valence electrons. The number of aliphatic carboxylic acids is 1. The number of aryl methyl sites for hydroxylation is 2. The first-order valence-electron chi connectivity index (χ1n) is 11.7. The smallest absolute Gasteiger partial charge is 0.306 e. The first-order valence-corrected chi connectivity index (χ1v) is 11.7. The van der Waals surface area contributed by atoms with Crippen LogP contribution in [0.3, 0.4) is 0 Å². The molecule has 0 saturated heterocycles. The van der Waals surface area contributed by atoms with Gasteiger partial charge in [0.1, 0.15) is 11.5 Å². The van der Waals surface area contributed by atoms with Gasteiger partial charge in [0.25, 0.3) is 5.91 Å². The molecular weight excluding hydrogens is 431 g/mol. The molecule has 1 amide bonds. The summed E-state index contributed by atoms with van der Waals surface area (Å²) >= 11 is 0. The number of hydrogen-bond acceptors (Lipinski definition) is 3. The molecule has 1 unspecified atom stereocenters. The highest BCUT2D eigenvalue weighted by atomic mass is 19.1. The molecule has 0 saturated carbocycles. The van der Waals surface area contributed by atoms with Crippen molar-refractivity contribution in [3.05, 3.63) is 70.7 Å². The van der Waals surface area contributed by atoms with Crippen LogP contribution < -0.4 is 5.32 Å². The lowest BCUT2D eigenvalue weighted by Crippen LogP contribution is -2.19. The van der Waals surface area contributed by atoms with E-state index in [1.54, 1.807) is 24.3 Å². The van der Waals surface area contributed by atoms with Crippen LogP contribution in [0.1, 0.15) is 60.3 Å². The van der Waals surface area contributed by atoms with Gasteiger partial charge >= 0.3 is 5.97 Å². The maximum Gasteiger partial charge on any atom is 0.306 e. The number of nitrogens with one attached hydrogen (secondary N) is 1. The summed E-state index contributed by atoms with van der Waals surface area (Å²) in [5, 5.41) is 12.7. The van der Waals surface area contributed by atoms with Gasteiger partial charge in [-0.3, -0.25) is 9.59 Å². The molecule has 4 rings (SSSR count). The molecule has 0 spiro atoms. The van der Waals surface area contributed by atoms with E-state index >= 15 is 0 Å². The van der Waals surface area contributed by atoms with Gasteiger partial charge in [0.2, 0.25) is 0 Å². The summed E-state index contributed by atoms with van der Waals surface area (Å²) in [6, 6.07) is 10.1. The van der Waals surface area contributed by atoms with Crippen LogP contribution in [-0.2, 0) is 4.79 Å². The van der Waals surface area contributed by atoms with Gasteiger partial charge in [-0.25, -0.2) is 9.37 Å². The summed E-state index contributed by atoms with van der Waals surface area (Å²) < 4.78 is 14.8. The topological polar surface area (TPSA) is 79.3 Å². The Morgan fingerprint density at radius 1 is 1.12 bits per heavy atom. The number of carboxylic acid groups (broad SMARTS) is 1. The molecule has 0 radical (unpaired) electrons. The molecule has 5 nitrogen and oxygen atoms in total. The third-order valence-corrected chi connectivity index (χ3v) is 6.25. The molecule has 1 heterocycles. The van der Waals surface area contributed by atoms with E-state index in [1.165, 1.54) is 13.1 Å². The minimum atomic E-state index is -0.764. The van der Waals surface area contributed by atoms with Crippen LogP contribution in [0.2, 0.25) is 0 Å².